The number of carbonyl (C=O) groups excluding carboxylic acids is 2. The fraction of sp³-hybridized carbons (Fsp3) is 0.364. The second-order valence-corrected chi connectivity index (χ2v) is 7.60. The summed E-state index contributed by atoms with van der Waals surface area (Å²) < 4.78 is 18.9. The zero-order valence-electron chi connectivity index (χ0n) is 16.3. The van der Waals surface area contributed by atoms with E-state index in [1.54, 1.807) is 15.9 Å². The molecule has 2 fully saturated rings. The first-order chi connectivity index (χ1) is 14.1. The van der Waals surface area contributed by atoms with Crippen LogP contribution in [0, 0.1) is 17.7 Å². The number of hydrogen-bond acceptors (Lipinski definition) is 3. The molecule has 2 aliphatic heterocycles. The van der Waals surface area contributed by atoms with E-state index in [0.29, 0.717) is 19.6 Å². The van der Waals surface area contributed by atoms with E-state index in [1.165, 1.54) is 19.2 Å². The number of methoxy groups -OCH3 is 1. The second kappa shape index (κ2) is 8.21. The summed E-state index contributed by atoms with van der Waals surface area (Å²) in [7, 11) is 1.49. The smallest absolute Gasteiger partial charge is 0.321 e. The second-order valence-electron chi connectivity index (χ2n) is 7.60. The lowest BCUT2D eigenvalue weighted by Gasteiger charge is -2.30. The number of urea groups is 1. The highest BCUT2D eigenvalue weighted by atomic mass is 19.1. The predicted molar refractivity (Wildman–Crippen MR) is 107 cm³/mol. The number of carbonyl (C=O) groups is 2. The van der Waals surface area contributed by atoms with Gasteiger partial charge in [-0.3, -0.25) is 4.79 Å². The van der Waals surface area contributed by atoms with Gasteiger partial charge in [0.1, 0.15) is 12.4 Å². The molecule has 0 radical (unpaired) electrons. The standard InChI is InChI=1S/C22H24FN3O3/c1-29-14-20(27)26-12-16-11-25(22(28)24-18-8-3-2-4-9-18)13-19(16)21(26)15-6-5-7-17(23)10-15/h2-10,16,19,21H,11-14H2,1H3,(H,24,28)/t16-,19-,21+/m1/s1. The quantitative estimate of drug-likeness (QED) is 0.862. The molecule has 3 atom stereocenters. The summed E-state index contributed by atoms with van der Waals surface area (Å²) in [6.45, 7) is 1.60. The monoisotopic (exact) mass is 397 g/mol. The van der Waals surface area contributed by atoms with E-state index in [9.17, 15) is 14.0 Å². The molecule has 0 aromatic heterocycles. The van der Waals surface area contributed by atoms with Gasteiger partial charge in [-0.05, 0) is 29.8 Å². The highest BCUT2D eigenvalue weighted by Crippen LogP contribution is 2.45. The summed E-state index contributed by atoms with van der Waals surface area (Å²) in [5, 5.41) is 2.92. The first-order valence-corrected chi connectivity index (χ1v) is 9.71. The molecule has 0 aliphatic carbocycles. The first kappa shape index (κ1) is 19.4. The Labute approximate surface area is 169 Å². The molecule has 2 aromatic carbocycles. The number of anilines is 1. The molecule has 29 heavy (non-hydrogen) atoms. The highest BCUT2D eigenvalue weighted by molar-refractivity contribution is 5.89. The molecule has 2 aliphatic rings. The minimum absolute atomic E-state index is 0.0105. The zero-order chi connectivity index (χ0) is 20.4. The van der Waals surface area contributed by atoms with Crippen LogP contribution in [-0.4, -0.2) is 55.1 Å². The van der Waals surface area contributed by atoms with Crippen molar-refractivity contribution in [2.24, 2.45) is 11.8 Å². The van der Waals surface area contributed by atoms with Gasteiger partial charge in [-0.25, -0.2) is 9.18 Å². The number of nitrogens with zero attached hydrogens (tertiary/aromatic N) is 2. The SMILES string of the molecule is COCC(=O)N1C[C@H]2CN(C(=O)Nc3ccccc3)C[C@H]2[C@@H]1c1cccc(F)c1. The van der Waals surface area contributed by atoms with Gasteiger partial charge in [-0.1, -0.05) is 30.3 Å². The fourth-order valence-electron chi connectivity index (χ4n) is 4.52. The predicted octanol–water partition coefficient (Wildman–Crippen LogP) is 3.14. The van der Waals surface area contributed by atoms with Crippen molar-refractivity contribution < 1.29 is 18.7 Å². The number of ether oxygens (including phenoxy) is 1. The van der Waals surface area contributed by atoms with Crippen molar-refractivity contribution >= 4 is 17.6 Å². The first-order valence-electron chi connectivity index (χ1n) is 9.71. The van der Waals surface area contributed by atoms with Crippen LogP contribution in [0.3, 0.4) is 0 Å². The minimum Gasteiger partial charge on any atom is -0.375 e. The van der Waals surface area contributed by atoms with Gasteiger partial charge >= 0.3 is 6.03 Å². The molecule has 0 saturated carbocycles. The van der Waals surface area contributed by atoms with Crippen molar-refractivity contribution in [2.45, 2.75) is 6.04 Å². The van der Waals surface area contributed by atoms with Crippen LogP contribution in [0.15, 0.2) is 54.6 Å². The molecule has 0 spiro atoms. The Morgan fingerprint density at radius 2 is 1.90 bits per heavy atom. The van der Waals surface area contributed by atoms with Crippen LogP contribution in [0.25, 0.3) is 0 Å². The Morgan fingerprint density at radius 1 is 1.10 bits per heavy atom. The van der Waals surface area contributed by atoms with Crippen LogP contribution in [0.5, 0.6) is 0 Å². The maximum Gasteiger partial charge on any atom is 0.321 e. The number of benzene rings is 2. The molecule has 2 aromatic rings. The van der Waals surface area contributed by atoms with Gasteiger partial charge in [0.25, 0.3) is 0 Å². The average Bonchev–Trinajstić information content (AvgIpc) is 3.27. The summed E-state index contributed by atoms with van der Waals surface area (Å²) in [5.41, 5.74) is 1.50. The lowest BCUT2D eigenvalue weighted by Crippen LogP contribution is -2.40. The Hall–Kier alpha value is -2.93. The van der Waals surface area contributed by atoms with Gasteiger partial charge in [0.15, 0.2) is 0 Å². The maximum absolute atomic E-state index is 13.9. The van der Waals surface area contributed by atoms with Crippen LogP contribution in [0.1, 0.15) is 11.6 Å². The number of amides is 3. The molecule has 152 valence electrons. The van der Waals surface area contributed by atoms with Gasteiger partial charge in [0.2, 0.25) is 5.91 Å². The number of halogens is 1. The van der Waals surface area contributed by atoms with Crippen molar-refractivity contribution in [1.29, 1.82) is 0 Å². The fourth-order valence-corrected chi connectivity index (χ4v) is 4.52. The molecule has 2 heterocycles. The van der Waals surface area contributed by atoms with Crippen LogP contribution in [0.2, 0.25) is 0 Å². The Balaban J connectivity index is 1.54. The number of likely N-dealkylation sites (tertiary alicyclic amines) is 2. The van der Waals surface area contributed by atoms with Crippen LogP contribution < -0.4 is 5.32 Å². The largest absolute Gasteiger partial charge is 0.375 e. The van der Waals surface area contributed by atoms with Crippen molar-refractivity contribution in [2.75, 3.05) is 38.7 Å². The van der Waals surface area contributed by atoms with E-state index >= 15 is 0 Å². The lowest BCUT2D eigenvalue weighted by atomic mass is 9.89. The van der Waals surface area contributed by atoms with Gasteiger partial charge in [0, 0.05) is 44.3 Å². The number of hydrogen-bond donors (Lipinski definition) is 1. The normalized spacial score (nSPS) is 23.2. The van der Waals surface area contributed by atoms with Crippen molar-refractivity contribution in [3.63, 3.8) is 0 Å². The van der Waals surface area contributed by atoms with Crippen LogP contribution >= 0.6 is 0 Å². The third-order valence-corrected chi connectivity index (χ3v) is 5.75. The number of fused-ring (bicyclic) bond motifs is 1. The summed E-state index contributed by atoms with van der Waals surface area (Å²) in [5.74, 6) is -0.247. The van der Waals surface area contributed by atoms with Gasteiger partial charge in [-0.15, -0.1) is 0 Å². The summed E-state index contributed by atoms with van der Waals surface area (Å²) in [4.78, 5) is 28.9. The maximum atomic E-state index is 13.9. The van der Waals surface area contributed by atoms with Crippen molar-refractivity contribution in [1.82, 2.24) is 9.80 Å². The topological polar surface area (TPSA) is 61.9 Å². The molecular weight excluding hydrogens is 373 g/mol. The average molecular weight is 397 g/mol. The molecule has 3 amide bonds. The third-order valence-electron chi connectivity index (χ3n) is 5.75. The molecule has 0 unspecified atom stereocenters. The van der Waals surface area contributed by atoms with E-state index in [0.717, 1.165) is 11.3 Å². The van der Waals surface area contributed by atoms with Crippen LogP contribution in [0.4, 0.5) is 14.9 Å². The number of nitrogens with one attached hydrogen (secondary N) is 1. The molecule has 6 nitrogen and oxygen atoms in total. The van der Waals surface area contributed by atoms with Gasteiger partial charge < -0.3 is 19.9 Å². The molecule has 1 N–H and O–H groups in total. The van der Waals surface area contributed by atoms with E-state index in [2.05, 4.69) is 5.32 Å². The number of para-hydroxylation sites is 1. The minimum atomic E-state index is -0.332. The molecule has 2 saturated heterocycles. The van der Waals surface area contributed by atoms with Gasteiger partial charge in [-0.2, -0.15) is 0 Å². The molecule has 7 heteroatoms. The summed E-state index contributed by atoms with van der Waals surface area (Å²) in [6, 6.07) is 15.3. The zero-order valence-corrected chi connectivity index (χ0v) is 16.3. The molecule has 0 bridgehead atoms. The lowest BCUT2D eigenvalue weighted by molar-refractivity contribution is -0.136. The Kier molecular flexibility index (Phi) is 5.49. The Bertz CT molecular complexity index is 892. The van der Waals surface area contributed by atoms with E-state index in [-0.39, 0.29) is 42.2 Å². The summed E-state index contributed by atoms with van der Waals surface area (Å²) in [6.07, 6.45) is 0. The molecule has 4 rings (SSSR count). The number of rotatable bonds is 4. The molecular formula is C22H24FN3O3. The highest BCUT2D eigenvalue weighted by Gasteiger charge is 2.50. The third kappa shape index (κ3) is 3.96. The van der Waals surface area contributed by atoms with Crippen LogP contribution in [-0.2, 0) is 9.53 Å². The summed E-state index contributed by atoms with van der Waals surface area (Å²) >= 11 is 0. The van der Waals surface area contributed by atoms with E-state index in [4.69, 9.17) is 4.74 Å². The Morgan fingerprint density at radius 3 is 2.62 bits per heavy atom. The van der Waals surface area contributed by atoms with Crippen molar-refractivity contribution in [3.05, 3.63) is 66.0 Å². The van der Waals surface area contributed by atoms with E-state index < -0.39 is 0 Å². The van der Waals surface area contributed by atoms with Crippen molar-refractivity contribution in [3.8, 4) is 0 Å². The van der Waals surface area contributed by atoms with E-state index in [1.807, 2.05) is 36.4 Å². The van der Waals surface area contributed by atoms with Gasteiger partial charge in [0.05, 0.1) is 6.04 Å².